The van der Waals surface area contributed by atoms with Gasteiger partial charge in [-0.2, -0.15) is 0 Å². The topological polar surface area (TPSA) is 60.9 Å². The molecule has 5 nitrogen and oxygen atoms in total. The second-order valence-corrected chi connectivity index (χ2v) is 7.91. The van der Waals surface area contributed by atoms with Gasteiger partial charge < -0.3 is 14.9 Å². The highest BCUT2D eigenvalue weighted by Gasteiger charge is 2.46. The molecule has 1 amide bonds. The molecule has 3 aromatic carbocycles. The molecule has 6 heteroatoms. The number of halogens is 1. The lowest BCUT2D eigenvalue weighted by atomic mass is 9.95. The van der Waals surface area contributed by atoms with Crippen molar-refractivity contribution in [2.45, 2.75) is 12.6 Å². The zero-order chi connectivity index (χ0) is 22.8. The average molecular weight is 430 g/mol. The van der Waals surface area contributed by atoms with Crippen molar-refractivity contribution in [1.82, 2.24) is 4.90 Å². The molecular weight excluding hydrogens is 407 g/mol. The van der Waals surface area contributed by atoms with Gasteiger partial charge in [0, 0.05) is 31.9 Å². The van der Waals surface area contributed by atoms with Gasteiger partial charge in [-0.3, -0.25) is 9.59 Å². The number of benzene rings is 3. The molecule has 0 aromatic heterocycles. The van der Waals surface area contributed by atoms with Crippen LogP contribution >= 0.6 is 0 Å². The molecule has 4 rings (SSSR count). The molecule has 0 spiro atoms. The van der Waals surface area contributed by atoms with Crippen molar-refractivity contribution in [2.24, 2.45) is 0 Å². The Kier molecular flexibility index (Phi) is 5.77. The van der Waals surface area contributed by atoms with E-state index in [-0.39, 0.29) is 23.4 Å². The molecule has 1 aliphatic heterocycles. The molecule has 162 valence electrons. The van der Waals surface area contributed by atoms with Crippen LogP contribution in [0.5, 0.6) is 0 Å². The van der Waals surface area contributed by atoms with Crippen LogP contribution in [0.3, 0.4) is 0 Å². The predicted octanol–water partition coefficient (Wildman–Crippen LogP) is 4.51. The first kappa shape index (κ1) is 21.3. The van der Waals surface area contributed by atoms with Crippen LogP contribution in [0.4, 0.5) is 10.1 Å². The Bertz CT molecular complexity index is 1170. The van der Waals surface area contributed by atoms with Crippen LogP contribution in [0, 0.1) is 5.82 Å². The minimum Gasteiger partial charge on any atom is -0.507 e. The molecule has 0 unspecified atom stereocenters. The number of amides is 1. The van der Waals surface area contributed by atoms with E-state index in [0.29, 0.717) is 5.56 Å². The van der Waals surface area contributed by atoms with E-state index < -0.39 is 23.5 Å². The second kappa shape index (κ2) is 8.67. The molecule has 1 fully saturated rings. The maximum Gasteiger partial charge on any atom is 0.295 e. The maximum atomic E-state index is 13.4. The number of likely N-dealkylation sites (tertiary alicyclic amines) is 1. The Balaban J connectivity index is 1.84. The summed E-state index contributed by atoms with van der Waals surface area (Å²) < 4.78 is 13.4. The van der Waals surface area contributed by atoms with E-state index in [1.54, 1.807) is 0 Å². The number of hydrogen-bond acceptors (Lipinski definition) is 4. The Morgan fingerprint density at radius 1 is 0.938 bits per heavy atom. The van der Waals surface area contributed by atoms with Crippen LogP contribution in [0.2, 0.25) is 0 Å². The zero-order valence-electron chi connectivity index (χ0n) is 17.8. The quantitative estimate of drug-likeness (QED) is 0.368. The third-order valence-corrected chi connectivity index (χ3v) is 5.58. The van der Waals surface area contributed by atoms with Gasteiger partial charge in [-0.25, -0.2) is 4.39 Å². The summed E-state index contributed by atoms with van der Waals surface area (Å²) in [7, 11) is 3.84. The van der Waals surface area contributed by atoms with Crippen molar-refractivity contribution in [1.29, 1.82) is 0 Å². The zero-order valence-corrected chi connectivity index (χ0v) is 17.8. The van der Waals surface area contributed by atoms with Crippen molar-refractivity contribution in [3.63, 3.8) is 0 Å². The summed E-state index contributed by atoms with van der Waals surface area (Å²) in [6, 6.07) is 21.3. The van der Waals surface area contributed by atoms with Gasteiger partial charge in [0.1, 0.15) is 11.6 Å². The molecule has 0 saturated carbocycles. The van der Waals surface area contributed by atoms with Crippen LogP contribution in [0.1, 0.15) is 22.7 Å². The normalized spacial score (nSPS) is 17.6. The summed E-state index contributed by atoms with van der Waals surface area (Å²) in [5.74, 6) is -2.22. The van der Waals surface area contributed by atoms with Crippen LogP contribution in [0.15, 0.2) is 84.4 Å². The molecular formula is C26H23FN2O3. The van der Waals surface area contributed by atoms with E-state index in [9.17, 15) is 19.1 Å². The molecule has 1 atom stereocenters. The smallest absolute Gasteiger partial charge is 0.295 e. The number of anilines is 1. The Labute approximate surface area is 186 Å². The van der Waals surface area contributed by atoms with Gasteiger partial charge in [0.15, 0.2) is 0 Å². The third kappa shape index (κ3) is 3.99. The van der Waals surface area contributed by atoms with Gasteiger partial charge in [-0.05, 0) is 47.5 Å². The molecule has 0 bridgehead atoms. The van der Waals surface area contributed by atoms with Gasteiger partial charge in [0.05, 0.1) is 11.6 Å². The van der Waals surface area contributed by atoms with Crippen LogP contribution < -0.4 is 4.90 Å². The molecule has 1 heterocycles. The van der Waals surface area contributed by atoms with E-state index >= 15 is 0 Å². The van der Waals surface area contributed by atoms with Gasteiger partial charge in [0.25, 0.3) is 11.7 Å². The summed E-state index contributed by atoms with van der Waals surface area (Å²) in [6.07, 6.45) is 0. The fourth-order valence-electron chi connectivity index (χ4n) is 3.89. The lowest BCUT2D eigenvalue weighted by Gasteiger charge is -2.26. The molecule has 32 heavy (non-hydrogen) atoms. The standard InChI is InChI=1S/C26H23FN2O3/c1-28(2)21-14-10-18(11-15-21)23-22(24(30)19-8-12-20(27)13-9-19)25(31)26(32)29(23)16-17-6-4-3-5-7-17/h3-15,23,30H,16H2,1-2H3/t23-/m1/s1. The van der Waals surface area contributed by atoms with E-state index in [0.717, 1.165) is 11.3 Å². The number of hydrogen-bond donors (Lipinski definition) is 1. The Morgan fingerprint density at radius 2 is 1.56 bits per heavy atom. The van der Waals surface area contributed by atoms with Crippen LogP contribution in [0.25, 0.3) is 5.76 Å². The van der Waals surface area contributed by atoms with Crippen LogP contribution in [-0.4, -0.2) is 35.8 Å². The summed E-state index contributed by atoms with van der Waals surface area (Å²) >= 11 is 0. The maximum absolute atomic E-state index is 13.4. The highest BCUT2D eigenvalue weighted by molar-refractivity contribution is 6.46. The van der Waals surface area contributed by atoms with Gasteiger partial charge in [-0.15, -0.1) is 0 Å². The fourth-order valence-corrected chi connectivity index (χ4v) is 3.89. The number of carbonyl (C=O) groups is 2. The van der Waals surface area contributed by atoms with Crippen LogP contribution in [-0.2, 0) is 16.1 Å². The number of Topliss-reactive ketones (excluding diaryl/α,β-unsaturated/α-hetero) is 1. The largest absolute Gasteiger partial charge is 0.507 e. The first-order chi connectivity index (χ1) is 15.4. The van der Waals surface area contributed by atoms with Gasteiger partial charge in [-0.1, -0.05) is 42.5 Å². The van der Waals surface area contributed by atoms with Gasteiger partial charge in [0.2, 0.25) is 0 Å². The molecule has 1 saturated heterocycles. The van der Waals surface area contributed by atoms with E-state index in [4.69, 9.17) is 0 Å². The summed E-state index contributed by atoms with van der Waals surface area (Å²) in [4.78, 5) is 29.5. The van der Waals surface area contributed by atoms with Gasteiger partial charge >= 0.3 is 0 Å². The minimum absolute atomic E-state index is 0.00450. The monoisotopic (exact) mass is 430 g/mol. The minimum atomic E-state index is -0.767. The van der Waals surface area contributed by atoms with Crippen molar-refractivity contribution < 1.29 is 19.1 Å². The number of aliphatic hydroxyl groups excluding tert-OH is 1. The number of carbonyl (C=O) groups excluding carboxylic acids is 2. The van der Waals surface area contributed by atoms with E-state index in [1.807, 2.05) is 73.6 Å². The highest BCUT2D eigenvalue weighted by atomic mass is 19.1. The third-order valence-electron chi connectivity index (χ3n) is 5.58. The van der Waals surface area contributed by atoms with E-state index in [2.05, 4.69) is 0 Å². The number of ketones is 1. The van der Waals surface area contributed by atoms with E-state index in [1.165, 1.54) is 29.2 Å². The molecule has 0 aliphatic carbocycles. The summed E-state index contributed by atoms with van der Waals surface area (Å²) in [5.41, 5.74) is 2.81. The van der Waals surface area contributed by atoms with Crippen molar-refractivity contribution >= 4 is 23.1 Å². The van der Waals surface area contributed by atoms with Crippen molar-refractivity contribution in [3.8, 4) is 0 Å². The van der Waals surface area contributed by atoms with Crippen molar-refractivity contribution in [3.05, 3.63) is 107 Å². The summed E-state index contributed by atoms with van der Waals surface area (Å²) in [6.45, 7) is 0.214. The number of rotatable bonds is 5. The SMILES string of the molecule is CN(C)c1ccc([C@@H]2C(=C(O)c3ccc(F)cc3)C(=O)C(=O)N2Cc2ccccc2)cc1. The first-order valence-electron chi connectivity index (χ1n) is 10.2. The molecule has 0 radical (unpaired) electrons. The first-order valence-corrected chi connectivity index (χ1v) is 10.2. The Hall–Kier alpha value is -3.93. The number of aliphatic hydroxyl groups is 1. The highest BCUT2D eigenvalue weighted by Crippen LogP contribution is 2.40. The average Bonchev–Trinajstić information content (AvgIpc) is 3.05. The second-order valence-electron chi connectivity index (χ2n) is 7.91. The molecule has 1 aliphatic rings. The lowest BCUT2D eigenvalue weighted by molar-refractivity contribution is -0.140. The van der Waals surface area contributed by atoms with Crippen molar-refractivity contribution in [2.75, 3.05) is 19.0 Å². The summed E-state index contributed by atoms with van der Waals surface area (Å²) in [5, 5.41) is 11.0. The lowest BCUT2D eigenvalue weighted by Crippen LogP contribution is -2.29. The molecule has 3 aromatic rings. The molecule has 1 N–H and O–H groups in total. The predicted molar refractivity (Wildman–Crippen MR) is 121 cm³/mol. The number of nitrogens with zero attached hydrogens (tertiary/aromatic N) is 2. The Morgan fingerprint density at radius 3 is 2.16 bits per heavy atom. The fraction of sp³-hybridized carbons (Fsp3) is 0.154.